The zero-order valence-corrected chi connectivity index (χ0v) is 9.86. The Hall–Kier alpha value is -0.340. The van der Waals surface area contributed by atoms with Gasteiger partial charge >= 0.3 is 0 Å². The molecule has 0 aliphatic carbocycles. The highest BCUT2D eigenvalue weighted by atomic mass is 32.1. The Bertz CT molecular complexity index is 292. The highest BCUT2D eigenvalue weighted by Crippen LogP contribution is 2.33. The van der Waals surface area contributed by atoms with Crippen LogP contribution in [-0.2, 0) is 6.42 Å². The Balaban J connectivity index is 2.15. The number of nitrogens with one attached hydrogen (secondary N) is 1. The van der Waals surface area contributed by atoms with Crippen LogP contribution in [0.25, 0.3) is 0 Å². The Labute approximate surface area is 90.5 Å². The molecule has 1 aromatic heterocycles. The molecule has 2 unspecified atom stereocenters. The highest BCUT2D eigenvalue weighted by Gasteiger charge is 2.24. The second kappa shape index (κ2) is 4.45. The minimum Gasteiger partial charge on any atom is -0.309 e. The zero-order valence-electron chi connectivity index (χ0n) is 9.05. The summed E-state index contributed by atoms with van der Waals surface area (Å²) >= 11 is 1.92. The van der Waals surface area contributed by atoms with Gasteiger partial charge in [0.2, 0.25) is 0 Å². The normalized spacial score (nSPS) is 23.1. The van der Waals surface area contributed by atoms with E-state index in [1.165, 1.54) is 19.3 Å². The van der Waals surface area contributed by atoms with Crippen molar-refractivity contribution in [1.29, 1.82) is 0 Å². The van der Waals surface area contributed by atoms with E-state index in [2.05, 4.69) is 30.6 Å². The molecule has 0 bridgehead atoms. The van der Waals surface area contributed by atoms with Gasteiger partial charge in [-0.2, -0.15) is 0 Å². The van der Waals surface area contributed by atoms with Crippen LogP contribution in [0, 0.1) is 5.92 Å². The molecule has 0 fully saturated rings. The molecule has 1 nitrogen and oxygen atoms in total. The molecule has 0 spiro atoms. The predicted molar refractivity (Wildman–Crippen MR) is 62.8 cm³/mol. The van der Waals surface area contributed by atoms with Crippen molar-refractivity contribution in [2.24, 2.45) is 5.92 Å². The van der Waals surface area contributed by atoms with E-state index in [4.69, 9.17) is 0 Å². The van der Waals surface area contributed by atoms with Gasteiger partial charge < -0.3 is 5.32 Å². The first-order chi connectivity index (χ1) is 6.83. The second-order valence-electron chi connectivity index (χ2n) is 4.25. The van der Waals surface area contributed by atoms with Gasteiger partial charge in [-0.3, -0.25) is 0 Å². The SMILES string of the molecule is CCCC(C)C1NCCc2sccc21. The van der Waals surface area contributed by atoms with Crippen LogP contribution >= 0.6 is 11.3 Å². The van der Waals surface area contributed by atoms with Gasteiger partial charge in [-0.15, -0.1) is 11.3 Å². The first-order valence-electron chi connectivity index (χ1n) is 5.62. The Morgan fingerprint density at radius 3 is 3.29 bits per heavy atom. The summed E-state index contributed by atoms with van der Waals surface area (Å²) in [5.74, 6) is 0.772. The van der Waals surface area contributed by atoms with E-state index in [-0.39, 0.29) is 0 Å². The lowest BCUT2D eigenvalue weighted by atomic mass is 9.89. The molecule has 1 N–H and O–H groups in total. The molecule has 0 amide bonds. The average molecular weight is 209 g/mol. The average Bonchev–Trinajstić information content (AvgIpc) is 2.65. The van der Waals surface area contributed by atoms with Crippen molar-refractivity contribution in [3.05, 3.63) is 21.9 Å². The van der Waals surface area contributed by atoms with Crippen molar-refractivity contribution < 1.29 is 0 Å². The van der Waals surface area contributed by atoms with E-state index < -0.39 is 0 Å². The summed E-state index contributed by atoms with van der Waals surface area (Å²) in [6.45, 7) is 5.80. The minimum atomic E-state index is 0.616. The fourth-order valence-electron chi connectivity index (χ4n) is 2.41. The maximum atomic E-state index is 3.65. The molecule has 2 rings (SSSR count). The number of thiophene rings is 1. The van der Waals surface area contributed by atoms with Gasteiger partial charge in [0.1, 0.15) is 0 Å². The van der Waals surface area contributed by atoms with Gasteiger partial charge in [0.15, 0.2) is 0 Å². The van der Waals surface area contributed by atoms with Gasteiger partial charge in [-0.1, -0.05) is 20.3 Å². The summed E-state index contributed by atoms with van der Waals surface area (Å²) < 4.78 is 0. The Kier molecular flexibility index (Phi) is 3.24. The van der Waals surface area contributed by atoms with Crippen molar-refractivity contribution in [3.8, 4) is 0 Å². The molecule has 0 aromatic carbocycles. The summed E-state index contributed by atoms with van der Waals surface area (Å²) in [4.78, 5) is 1.61. The van der Waals surface area contributed by atoms with E-state index in [0.29, 0.717) is 6.04 Å². The van der Waals surface area contributed by atoms with E-state index in [0.717, 1.165) is 12.5 Å². The van der Waals surface area contributed by atoms with Gasteiger partial charge in [-0.05, 0) is 35.8 Å². The first-order valence-corrected chi connectivity index (χ1v) is 6.50. The lowest BCUT2D eigenvalue weighted by Gasteiger charge is -2.29. The highest BCUT2D eigenvalue weighted by molar-refractivity contribution is 7.10. The lowest BCUT2D eigenvalue weighted by molar-refractivity contribution is 0.352. The third-order valence-corrected chi connectivity index (χ3v) is 4.14. The maximum absolute atomic E-state index is 3.65. The summed E-state index contributed by atoms with van der Waals surface area (Å²) in [7, 11) is 0. The van der Waals surface area contributed by atoms with Crippen molar-refractivity contribution in [2.75, 3.05) is 6.54 Å². The molecule has 1 aliphatic rings. The molecule has 1 aliphatic heterocycles. The van der Waals surface area contributed by atoms with Gasteiger partial charge in [0.25, 0.3) is 0 Å². The summed E-state index contributed by atoms with van der Waals surface area (Å²) in [5.41, 5.74) is 1.57. The van der Waals surface area contributed by atoms with Crippen LogP contribution in [0.5, 0.6) is 0 Å². The lowest BCUT2D eigenvalue weighted by Crippen LogP contribution is -2.32. The number of fused-ring (bicyclic) bond motifs is 1. The second-order valence-corrected chi connectivity index (χ2v) is 5.25. The Morgan fingerprint density at radius 1 is 1.64 bits per heavy atom. The summed E-state index contributed by atoms with van der Waals surface area (Å²) in [6, 6.07) is 2.92. The molecular formula is C12H19NS. The van der Waals surface area contributed by atoms with Crippen molar-refractivity contribution in [1.82, 2.24) is 5.32 Å². The largest absolute Gasteiger partial charge is 0.309 e. The third kappa shape index (κ3) is 1.86. The van der Waals surface area contributed by atoms with Crippen LogP contribution in [0.1, 0.15) is 43.2 Å². The zero-order chi connectivity index (χ0) is 9.97. The first kappa shape index (κ1) is 10.2. The van der Waals surface area contributed by atoms with E-state index in [1.807, 2.05) is 11.3 Å². The van der Waals surface area contributed by atoms with Gasteiger partial charge in [-0.25, -0.2) is 0 Å². The molecular weight excluding hydrogens is 190 g/mol. The molecule has 2 atom stereocenters. The smallest absolute Gasteiger partial charge is 0.0357 e. The minimum absolute atomic E-state index is 0.616. The van der Waals surface area contributed by atoms with E-state index >= 15 is 0 Å². The van der Waals surface area contributed by atoms with Crippen LogP contribution < -0.4 is 5.32 Å². The molecule has 2 heterocycles. The monoisotopic (exact) mass is 209 g/mol. The standard InChI is InChI=1S/C12H19NS/c1-3-4-9(2)12-10-6-8-14-11(10)5-7-13-12/h6,8-9,12-13H,3-5,7H2,1-2H3. The summed E-state index contributed by atoms with van der Waals surface area (Å²) in [5, 5.41) is 5.89. The van der Waals surface area contributed by atoms with Gasteiger partial charge in [0.05, 0.1) is 0 Å². The van der Waals surface area contributed by atoms with Crippen LogP contribution in [0.15, 0.2) is 11.4 Å². The fraction of sp³-hybridized carbons (Fsp3) is 0.667. The van der Waals surface area contributed by atoms with Gasteiger partial charge in [0, 0.05) is 17.5 Å². The number of hydrogen-bond donors (Lipinski definition) is 1. The molecule has 78 valence electrons. The third-order valence-electron chi connectivity index (χ3n) is 3.14. The predicted octanol–water partition coefficient (Wildman–Crippen LogP) is 3.37. The van der Waals surface area contributed by atoms with Crippen molar-refractivity contribution in [2.45, 2.75) is 39.2 Å². The molecule has 14 heavy (non-hydrogen) atoms. The summed E-state index contributed by atoms with van der Waals surface area (Å²) in [6.07, 6.45) is 3.84. The molecule has 0 saturated heterocycles. The molecule has 0 radical (unpaired) electrons. The van der Waals surface area contributed by atoms with E-state index in [9.17, 15) is 0 Å². The molecule has 0 saturated carbocycles. The fourth-order valence-corrected chi connectivity index (χ4v) is 3.34. The van der Waals surface area contributed by atoms with Crippen molar-refractivity contribution in [3.63, 3.8) is 0 Å². The van der Waals surface area contributed by atoms with Crippen molar-refractivity contribution >= 4 is 11.3 Å². The number of hydrogen-bond acceptors (Lipinski definition) is 2. The quantitative estimate of drug-likeness (QED) is 0.805. The van der Waals surface area contributed by atoms with Crippen LogP contribution in [0.4, 0.5) is 0 Å². The molecule has 2 heteroatoms. The van der Waals surface area contributed by atoms with Crippen LogP contribution in [0.3, 0.4) is 0 Å². The van der Waals surface area contributed by atoms with Crippen LogP contribution in [-0.4, -0.2) is 6.54 Å². The maximum Gasteiger partial charge on any atom is 0.0357 e. The number of rotatable bonds is 3. The topological polar surface area (TPSA) is 12.0 Å². The Morgan fingerprint density at radius 2 is 2.50 bits per heavy atom. The molecule has 1 aromatic rings. The van der Waals surface area contributed by atoms with Crippen LogP contribution in [0.2, 0.25) is 0 Å². The van der Waals surface area contributed by atoms with E-state index in [1.54, 1.807) is 10.4 Å².